The Morgan fingerprint density at radius 3 is 2.62 bits per heavy atom. The van der Waals surface area contributed by atoms with Crippen molar-refractivity contribution in [2.75, 3.05) is 19.0 Å². The summed E-state index contributed by atoms with van der Waals surface area (Å²) in [5.41, 5.74) is 1.06. The Labute approximate surface area is 78.4 Å². The van der Waals surface area contributed by atoms with Gasteiger partial charge in [-0.15, -0.1) is 0 Å². The number of aromatic nitrogens is 2. The predicted octanol–water partition coefficient (Wildman–Crippen LogP) is 1.23. The molecule has 0 bridgehead atoms. The lowest BCUT2D eigenvalue weighted by Crippen LogP contribution is -2.22. The Balaban J connectivity index is 2.49. The molecule has 4 nitrogen and oxygen atoms in total. The number of rotatable bonds is 4. The monoisotopic (exact) mass is 181 g/mol. The molecule has 0 spiro atoms. The first kappa shape index (κ1) is 9.92. The van der Waals surface area contributed by atoms with Crippen LogP contribution < -0.4 is 5.32 Å². The van der Waals surface area contributed by atoms with Gasteiger partial charge in [-0.2, -0.15) is 0 Å². The molecule has 0 aliphatic rings. The van der Waals surface area contributed by atoms with E-state index in [0.717, 1.165) is 5.56 Å². The number of nitrogens with one attached hydrogen (secondary N) is 1. The van der Waals surface area contributed by atoms with Crippen LogP contribution in [0, 0.1) is 6.92 Å². The molecule has 0 amide bonds. The minimum absolute atomic E-state index is 0.229. The lowest BCUT2D eigenvalue weighted by Gasteiger charge is -2.11. The molecule has 0 aliphatic heterocycles. The predicted molar refractivity (Wildman–Crippen MR) is 51.7 cm³/mol. The second kappa shape index (κ2) is 4.77. The maximum atomic E-state index is 4.98. The molecule has 13 heavy (non-hydrogen) atoms. The van der Waals surface area contributed by atoms with Crippen LogP contribution in [0.1, 0.15) is 12.5 Å². The molecule has 0 aliphatic carbocycles. The maximum absolute atomic E-state index is 4.98. The molecule has 0 aromatic carbocycles. The van der Waals surface area contributed by atoms with Crippen LogP contribution in [0.25, 0.3) is 0 Å². The summed E-state index contributed by atoms with van der Waals surface area (Å²) < 4.78 is 4.98. The van der Waals surface area contributed by atoms with E-state index in [0.29, 0.717) is 12.6 Å². The quantitative estimate of drug-likeness (QED) is 0.759. The number of methoxy groups -OCH3 is 1. The molecule has 0 saturated carbocycles. The van der Waals surface area contributed by atoms with Crippen molar-refractivity contribution in [1.29, 1.82) is 0 Å². The van der Waals surface area contributed by atoms with E-state index in [4.69, 9.17) is 4.74 Å². The number of hydrogen-bond donors (Lipinski definition) is 1. The van der Waals surface area contributed by atoms with Gasteiger partial charge >= 0.3 is 0 Å². The van der Waals surface area contributed by atoms with Crippen LogP contribution in [0.5, 0.6) is 0 Å². The van der Waals surface area contributed by atoms with Crippen LogP contribution in [0.4, 0.5) is 5.95 Å². The smallest absolute Gasteiger partial charge is 0.222 e. The first-order valence-corrected chi connectivity index (χ1v) is 4.26. The van der Waals surface area contributed by atoms with E-state index < -0.39 is 0 Å². The van der Waals surface area contributed by atoms with Crippen molar-refractivity contribution >= 4 is 5.95 Å². The molecule has 1 rings (SSSR count). The molecule has 1 aromatic rings. The van der Waals surface area contributed by atoms with E-state index in [1.165, 1.54) is 0 Å². The van der Waals surface area contributed by atoms with Crippen molar-refractivity contribution < 1.29 is 4.74 Å². The minimum atomic E-state index is 0.229. The Hall–Kier alpha value is -1.16. The third kappa shape index (κ3) is 3.38. The SMILES string of the molecule is COC[C@@H](C)Nc1ncc(C)cn1. The fraction of sp³-hybridized carbons (Fsp3) is 0.556. The highest BCUT2D eigenvalue weighted by atomic mass is 16.5. The molecule has 0 fully saturated rings. The van der Waals surface area contributed by atoms with E-state index in [1.807, 2.05) is 13.8 Å². The maximum Gasteiger partial charge on any atom is 0.222 e. The van der Waals surface area contributed by atoms with E-state index >= 15 is 0 Å². The summed E-state index contributed by atoms with van der Waals surface area (Å²) in [4.78, 5) is 8.25. The summed E-state index contributed by atoms with van der Waals surface area (Å²) >= 11 is 0. The molecule has 0 saturated heterocycles. The molecule has 0 unspecified atom stereocenters. The van der Waals surface area contributed by atoms with Crippen LogP contribution in [-0.4, -0.2) is 29.7 Å². The van der Waals surface area contributed by atoms with Gasteiger partial charge in [-0.05, 0) is 19.4 Å². The molecule has 72 valence electrons. The molecule has 0 radical (unpaired) electrons. The average Bonchev–Trinajstić information content (AvgIpc) is 2.09. The first-order chi connectivity index (χ1) is 6.22. The zero-order valence-electron chi connectivity index (χ0n) is 8.24. The fourth-order valence-corrected chi connectivity index (χ4v) is 0.979. The van der Waals surface area contributed by atoms with Gasteiger partial charge in [-0.25, -0.2) is 9.97 Å². The average molecular weight is 181 g/mol. The van der Waals surface area contributed by atoms with Gasteiger partial charge in [-0.1, -0.05) is 0 Å². The summed E-state index contributed by atoms with van der Waals surface area (Å²) in [7, 11) is 1.67. The van der Waals surface area contributed by atoms with Gasteiger partial charge in [0.1, 0.15) is 0 Å². The molecule has 1 N–H and O–H groups in total. The standard InChI is InChI=1S/C9H15N3O/c1-7-4-10-9(11-5-7)12-8(2)6-13-3/h4-5,8H,6H2,1-3H3,(H,10,11,12)/t8-/m1/s1. The molecular formula is C9H15N3O. The Bertz CT molecular complexity index is 248. The van der Waals surface area contributed by atoms with Crippen LogP contribution in [0.3, 0.4) is 0 Å². The minimum Gasteiger partial charge on any atom is -0.383 e. The van der Waals surface area contributed by atoms with Gasteiger partial charge in [-0.3, -0.25) is 0 Å². The lowest BCUT2D eigenvalue weighted by atomic mass is 10.4. The van der Waals surface area contributed by atoms with E-state index in [2.05, 4.69) is 15.3 Å². The van der Waals surface area contributed by atoms with Gasteiger partial charge in [0.15, 0.2) is 0 Å². The normalized spacial score (nSPS) is 12.5. The van der Waals surface area contributed by atoms with Gasteiger partial charge < -0.3 is 10.1 Å². The summed E-state index contributed by atoms with van der Waals surface area (Å²) in [6.07, 6.45) is 3.57. The first-order valence-electron chi connectivity index (χ1n) is 4.26. The van der Waals surface area contributed by atoms with Crippen molar-refractivity contribution in [3.63, 3.8) is 0 Å². The summed E-state index contributed by atoms with van der Waals surface area (Å²) in [5.74, 6) is 0.648. The second-order valence-corrected chi connectivity index (χ2v) is 3.08. The van der Waals surface area contributed by atoms with Crippen molar-refractivity contribution in [3.05, 3.63) is 18.0 Å². The van der Waals surface area contributed by atoms with Crippen molar-refractivity contribution in [3.8, 4) is 0 Å². The number of anilines is 1. The second-order valence-electron chi connectivity index (χ2n) is 3.08. The summed E-state index contributed by atoms with van der Waals surface area (Å²) in [6, 6.07) is 0.229. The number of ether oxygens (including phenoxy) is 1. The zero-order valence-corrected chi connectivity index (χ0v) is 8.24. The van der Waals surface area contributed by atoms with Crippen molar-refractivity contribution in [1.82, 2.24) is 9.97 Å². The molecular weight excluding hydrogens is 166 g/mol. The third-order valence-corrected chi connectivity index (χ3v) is 1.57. The van der Waals surface area contributed by atoms with Gasteiger partial charge in [0.2, 0.25) is 5.95 Å². The van der Waals surface area contributed by atoms with E-state index in [1.54, 1.807) is 19.5 Å². The van der Waals surface area contributed by atoms with Crippen LogP contribution >= 0.6 is 0 Å². The van der Waals surface area contributed by atoms with E-state index in [9.17, 15) is 0 Å². The Morgan fingerprint density at radius 1 is 1.46 bits per heavy atom. The van der Waals surface area contributed by atoms with Gasteiger partial charge in [0, 0.05) is 25.5 Å². The van der Waals surface area contributed by atoms with Gasteiger partial charge in [0.25, 0.3) is 0 Å². The van der Waals surface area contributed by atoms with Crippen molar-refractivity contribution in [2.45, 2.75) is 19.9 Å². The number of hydrogen-bond acceptors (Lipinski definition) is 4. The van der Waals surface area contributed by atoms with Gasteiger partial charge in [0.05, 0.1) is 6.61 Å². The van der Waals surface area contributed by atoms with Crippen LogP contribution in [-0.2, 0) is 4.74 Å². The van der Waals surface area contributed by atoms with Crippen molar-refractivity contribution in [2.24, 2.45) is 0 Å². The fourth-order valence-electron chi connectivity index (χ4n) is 0.979. The molecule has 1 heterocycles. The zero-order chi connectivity index (χ0) is 9.68. The van der Waals surface area contributed by atoms with Crippen LogP contribution in [0.2, 0.25) is 0 Å². The number of nitrogens with zero attached hydrogens (tertiary/aromatic N) is 2. The largest absolute Gasteiger partial charge is 0.383 e. The van der Waals surface area contributed by atoms with Crippen LogP contribution in [0.15, 0.2) is 12.4 Å². The molecule has 1 atom stereocenters. The molecule has 4 heteroatoms. The highest BCUT2D eigenvalue weighted by Crippen LogP contribution is 2.00. The Kier molecular flexibility index (Phi) is 3.64. The van der Waals surface area contributed by atoms with E-state index in [-0.39, 0.29) is 6.04 Å². The lowest BCUT2D eigenvalue weighted by molar-refractivity contribution is 0.190. The topological polar surface area (TPSA) is 47.0 Å². The highest BCUT2D eigenvalue weighted by Gasteiger charge is 2.01. The summed E-state index contributed by atoms with van der Waals surface area (Å²) in [6.45, 7) is 4.63. The number of aryl methyl sites for hydroxylation is 1. The third-order valence-electron chi connectivity index (χ3n) is 1.57. The Morgan fingerprint density at radius 2 is 2.08 bits per heavy atom. The molecule has 1 aromatic heterocycles. The summed E-state index contributed by atoms with van der Waals surface area (Å²) in [5, 5.41) is 3.12. The highest BCUT2D eigenvalue weighted by molar-refractivity contribution is 5.25.